The van der Waals surface area contributed by atoms with Crippen molar-refractivity contribution in [2.24, 2.45) is 11.8 Å². The third-order valence-electron chi connectivity index (χ3n) is 5.01. The number of amides is 2. The number of H-pyrrole nitrogens is 1. The number of nitrogens with one attached hydrogen (secondary N) is 3. The molecule has 0 saturated heterocycles. The van der Waals surface area contributed by atoms with E-state index in [1.54, 1.807) is 0 Å². The summed E-state index contributed by atoms with van der Waals surface area (Å²) in [7, 11) is 0. The quantitative estimate of drug-likeness (QED) is 0.495. The van der Waals surface area contributed by atoms with Crippen LogP contribution in [-0.2, 0) is 12.8 Å². The highest BCUT2D eigenvalue weighted by Crippen LogP contribution is 2.29. The fraction of sp³-hybridized carbons (Fsp3) is 0.316. The number of thiophene rings is 2. The first-order valence-corrected chi connectivity index (χ1v) is 10.8. The fourth-order valence-corrected chi connectivity index (χ4v) is 4.84. The van der Waals surface area contributed by atoms with Crippen LogP contribution in [0.25, 0.3) is 0 Å². The number of imidazole rings is 1. The Kier molecular flexibility index (Phi) is 5.45. The second-order valence-corrected chi connectivity index (χ2v) is 8.75. The van der Waals surface area contributed by atoms with Crippen molar-refractivity contribution in [3.05, 3.63) is 56.2 Å². The van der Waals surface area contributed by atoms with E-state index >= 15 is 0 Å². The number of nitrogens with two attached hydrogens (primary N) is 1. The Morgan fingerprint density at radius 2 is 1.61 bits per heavy atom. The summed E-state index contributed by atoms with van der Waals surface area (Å²) in [6, 6.07) is 7.35. The van der Waals surface area contributed by atoms with Crippen molar-refractivity contribution in [2.45, 2.75) is 12.8 Å². The lowest BCUT2D eigenvalue weighted by molar-refractivity contribution is 0.0919. The van der Waals surface area contributed by atoms with Crippen LogP contribution in [0.1, 0.15) is 30.7 Å². The van der Waals surface area contributed by atoms with Gasteiger partial charge in [0.1, 0.15) is 0 Å². The zero-order valence-electron chi connectivity index (χ0n) is 15.1. The van der Waals surface area contributed by atoms with Crippen LogP contribution in [-0.4, -0.2) is 34.9 Å². The lowest BCUT2D eigenvalue weighted by Crippen LogP contribution is -2.42. The van der Waals surface area contributed by atoms with Crippen molar-refractivity contribution < 1.29 is 9.59 Å². The molecule has 3 heterocycles. The number of carbonyl (C=O) groups excluding carboxylic acids is 2. The third kappa shape index (κ3) is 4.10. The van der Waals surface area contributed by atoms with E-state index in [9.17, 15) is 9.59 Å². The van der Waals surface area contributed by atoms with Gasteiger partial charge < -0.3 is 21.4 Å². The standard InChI is InChI=1S/C19H21N5O2S2/c20-19-23-13-7-11(9-21-17(25)15-3-1-5-27-15)12(8-14(13)24-19)10-22-18(26)16-4-2-6-28-16/h1-6,11-12H,7-10H2,(H,21,25)(H,22,26)(H3,20,23,24). The number of rotatable bonds is 6. The van der Waals surface area contributed by atoms with E-state index in [0.717, 1.165) is 17.8 Å². The normalized spacial score (nSPS) is 18.4. The van der Waals surface area contributed by atoms with Crippen molar-refractivity contribution in [2.75, 3.05) is 18.8 Å². The van der Waals surface area contributed by atoms with Crippen LogP contribution >= 0.6 is 22.7 Å². The van der Waals surface area contributed by atoms with Gasteiger partial charge in [0.25, 0.3) is 11.8 Å². The van der Waals surface area contributed by atoms with Gasteiger partial charge in [0.2, 0.25) is 0 Å². The molecule has 2 amide bonds. The Hall–Kier alpha value is -2.65. The fourth-order valence-electron chi connectivity index (χ4n) is 3.56. The third-order valence-corrected chi connectivity index (χ3v) is 6.75. The zero-order valence-corrected chi connectivity index (χ0v) is 16.7. The highest BCUT2D eigenvalue weighted by molar-refractivity contribution is 7.12. The molecule has 0 spiro atoms. The van der Waals surface area contributed by atoms with Gasteiger partial charge in [-0.15, -0.1) is 22.7 Å². The summed E-state index contributed by atoms with van der Waals surface area (Å²) in [5.41, 5.74) is 7.79. The molecule has 0 radical (unpaired) electrons. The minimum Gasteiger partial charge on any atom is -0.369 e. The SMILES string of the molecule is Nc1nc2c([nH]1)CC(CNC(=O)c1cccs1)C(CNC(=O)c1cccs1)C2. The summed E-state index contributed by atoms with van der Waals surface area (Å²) < 4.78 is 0. The number of hydrogen-bond donors (Lipinski definition) is 4. The van der Waals surface area contributed by atoms with Gasteiger partial charge in [0.05, 0.1) is 15.4 Å². The van der Waals surface area contributed by atoms with Crippen molar-refractivity contribution in [1.29, 1.82) is 0 Å². The Morgan fingerprint density at radius 3 is 2.14 bits per heavy atom. The van der Waals surface area contributed by atoms with Gasteiger partial charge in [0, 0.05) is 18.8 Å². The lowest BCUT2D eigenvalue weighted by atomic mass is 9.79. The molecule has 3 aromatic rings. The average Bonchev–Trinajstić information content (AvgIpc) is 3.44. The number of aromatic nitrogens is 2. The first-order chi connectivity index (χ1) is 13.6. The van der Waals surface area contributed by atoms with Gasteiger partial charge in [-0.25, -0.2) is 4.98 Å². The summed E-state index contributed by atoms with van der Waals surface area (Å²) in [5, 5.41) is 9.84. The van der Waals surface area contributed by atoms with Crippen LogP contribution in [0.2, 0.25) is 0 Å². The molecule has 9 heteroatoms. The molecular formula is C19H21N5O2S2. The van der Waals surface area contributed by atoms with E-state index in [4.69, 9.17) is 5.73 Å². The van der Waals surface area contributed by atoms with E-state index in [1.165, 1.54) is 22.7 Å². The number of fused-ring (bicyclic) bond motifs is 1. The molecule has 0 saturated carbocycles. The first-order valence-electron chi connectivity index (χ1n) is 9.07. The van der Waals surface area contributed by atoms with Gasteiger partial charge in [-0.05, 0) is 47.6 Å². The molecule has 4 rings (SSSR count). The summed E-state index contributed by atoms with van der Waals surface area (Å²) in [6.07, 6.45) is 1.46. The molecule has 0 aliphatic heterocycles. The first kappa shape index (κ1) is 18.7. The molecular weight excluding hydrogens is 394 g/mol. The Labute approximate surface area is 170 Å². The van der Waals surface area contributed by atoms with Crippen molar-refractivity contribution in [3.8, 4) is 0 Å². The molecule has 7 nitrogen and oxygen atoms in total. The van der Waals surface area contributed by atoms with Gasteiger partial charge in [0.15, 0.2) is 5.95 Å². The second kappa shape index (κ2) is 8.15. The van der Waals surface area contributed by atoms with Crippen LogP contribution in [0.5, 0.6) is 0 Å². The smallest absolute Gasteiger partial charge is 0.261 e. The molecule has 1 aliphatic rings. The van der Waals surface area contributed by atoms with Crippen LogP contribution < -0.4 is 16.4 Å². The molecule has 28 heavy (non-hydrogen) atoms. The van der Waals surface area contributed by atoms with Crippen molar-refractivity contribution >= 4 is 40.4 Å². The van der Waals surface area contributed by atoms with E-state index in [-0.39, 0.29) is 23.7 Å². The predicted octanol–water partition coefficient (Wildman–Crippen LogP) is 2.31. The van der Waals surface area contributed by atoms with Crippen LogP contribution in [0.4, 0.5) is 5.95 Å². The molecule has 3 aromatic heterocycles. The van der Waals surface area contributed by atoms with E-state index in [0.29, 0.717) is 35.2 Å². The Balaban J connectivity index is 1.43. The predicted molar refractivity (Wildman–Crippen MR) is 111 cm³/mol. The molecule has 146 valence electrons. The minimum atomic E-state index is -0.0660. The van der Waals surface area contributed by atoms with Gasteiger partial charge in [-0.1, -0.05) is 12.1 Å². The molecule has 0 aromatic carbocycles. The molecule has 2 unspecified atom stereocenters. The topological polar surface area (TPSA) is 113 Å². The highest BCUT2D eigenvalue weighted by atomic mass is 32.1. The van der Waals surface area contributed by atoms with Gasteiger partial charge in [-0.3, -0.25) is 9.59 Å². The van der Waals surface area contributed by atoms with E-state index in [2.05, 4.69) is 20.6 Å². The minimum absolute atomic E-state index is 0.0636. The van der Waals surface area contributed by atoms with E-state index in [1.807, 2.05) is 35.0 Å². The zero-order chi connectivity index (χ0) is 19.5. The van der Waals surface area contributed by atoms with Crippen LogP contribution in [0, 0.1) is 11.8 Å². The summed E-state index contributed by atoms with van der Waals surface area (Å²) in [4.78, 5) is 33.5. The van der Waals surface area contributed by atoms with Crippen LogP contribution in [0.3, 0.4) is 0 Å². The number of nitrogen functional groups attached to an aromatic ring is 1. The maximum atomic E-state index is 12.3. The summed E-state index contributed by atoms with van der Waals surface area (Å²) >= 11 is 2.84. The number of aromatic amines is 1. The Morgan fingerprint density at radius 1 is 1.04 bits per heavy atom. The number of hydrogen-bond acceptors (Lipinski definition) is 6. The number of nitrogens with zero attached hydrogens (tertiary/aromatic N) is 1. The summed E-state index contributed by atoms with van der Waals surface area (Å²) in [6.45, 7) is 1.07. The van der Waals surface area contributed by atoms with Crippen LogP contribution in [0.15, 0.2) is 35.0 Å². The molecule has 0 bridgehead atoms. The van der Waals surface area contributed by atoms with Gasteiger partial charge in [-0.2, -0.15) is 0 Å². The lowest BCUT2D eigenvalue weighted by Gasteiger charge is -2.31. The maximum Gasteiger partial charge on any atom is 0.261 e. The number of carbonyl (C=O) groups is 2. The summed E-state index contributed by atoms with van der Waals surface area (Å²) in [5.74, 6) is 0.632. The highest BCUT2D eigenvalue weighted by Gasteiger charge is 2.31. The van der Waals surface area contributed by atoms with Gasteiger partial charge >= 0.3 is 0 Å². The van der Waals surface area contributed by atoms with Crippen molar-refractivity contribution in [1.82, 2.24) is 20.6 Å². The maximum absolute atomic E-state index is 12.3. The Bertz CT molecular complexity index is 874. The average molecular weight is 416 g/mol. The van der Waals surface area contributed by atoms with Crippen molar-refractivity contribution in [3.63, 3.8) is 0 Å². The molecule has 0 fully saturated rings. The second-order valence-electron chi connectivity index (χ2n) is 6.85. The molecule has 1 aliphatic carbocycles. The largest absolute Gasteiger partial charge is 0.369 e. The molecule has 5 N–H and O–H groups in total. The monoisotopic (exact) mass is 415 g/mol. The van der Waals surface area contributed by atoms with E-state index < -0.39 is 0 Å². The number of anilines is 1. The molecule has 2 atom stereocenters.